The van der Waals surface area contributed by atoms with Crippen LogP contribution in [0, 0.1) is 5.92 Å². The lowest BCUT2D eigenvalue weighted by Gasteiger charge is -2.21. The average Bonchev–Trinajstić information content (AvgIpc) is 3.13. The molecule has 106 valence electrons. The summed E-state index contributed by atoms with van der Waals surface area (Å²) < 4.78 is 1.59. The van der Waals surface area contributed by atoms with Crippen molar-refractivity contribution in [1.29, 1.82) is 0 Å². The van der Waals surface area contributed by atoms with E-state index >= 15 is 0 Å². The molecule has 1 aliphatic rings. The van der Waals surface area contributed by atoms with Crippen LogP contribution in [-0.4, -0.2) is 37.8 Å². The number of hydrogen-bond donors (Lipinski definition) is 2. The van der Waals surface area contributed by atoms with E-state index in [9.17, 15) is 0 Å². The first kappa shape index (κ1) is 12.8. The third-order valence-electron chi connectivity index (χ3n) is 3.29. The van der Waals surface area contributed by atoms with Gasteiger partial charge in [-0.05, 0) is 31.7 Å². The number of anilines is 2. The van der Waals surface area contributed by atoms with E-state index in [-0.39, 0.29) is 0 Å². The Hall–Kier alpha value is -2.22. The Labute approximate surface area is 117 Å². The first-order chi connectivity index (χ1) is 9.80. The van der Waals surface area contributed by atoms with Crippen molar-refractivity contribution < 1.29 is 0 Å². The summed E-state index contributed by atoms with van der Waals surface area (Å²) in [6.45, 7) is 3.92. The van der Waals surface area contributed by atoms with E-state index < -0.39 is 0 Å². The SMILES string of the molecule is CCN(CC1CC1)c1nc(NN)nc(-n2cccn2)n1. The smallest absolute Gasteiger partial charge is 0.257 e. The molecule has 0 aliphatic heterocycles. The predicted octanol–water partition coefficient (Wildman–Crippen LogP) is 0.579. The van der Waals surface area contributed by atoms with Gasteiger partial charge in [-0.2, -0.15) is 20.1 Å². The van der Waals surface area contributed by atoms with Gasteiger partial charge in [0.2, 0.25) is 11.9 Å². The van der Waals surface area contributed by atoms with Crippen LogP contribution in [0.3, 0.4) is 0 Å². The Morgan fingerprint density at radius 1 is 1.40 bits per heavy atom. The van der Waals surface area contributed by atoms with Gasteiger partial charge >= 0.3 is 0 Å². The first-order valence-corrected chi connectivity index (χ1v) is 6.77. The summed E-state index contributed by atoms with van der Waals surface area (Å²) in [6.07, 6.45) is 6.04. The van der Waals surface area contributed by atoms with Crippen molar-refractivity contribution in [2.45, 2.75) is 19.8 Å². The Morgan fingerprint density at radius 2 is 2.25 bits per heavy atom. The van der Waals surface area contributed by atoms with Gasteiger partial charge in [-0.25, -0.2) is 10.5 Å². The molecule has 0 bridgehead atoms. The van der Waals surface area contributed by atoms with Gasteiger partial charge in [-0.1, -0.05) is 0 Å². The van der Waals surface area contributed by atoms with E-state index in [0.717, 1.165) is 19.0 Å². The zero-order chi connectivity index (χ0) is 13.9. The standard InChI is InChI=1S/C12H18N8/c1-2-19(8-9-4-5-9)11-15-10(18-13)16-12(17-11)20-7-3-6-14-20/h3,6-7,9H,2,4-5,8,13H2,1H3,(H,15,16,17,18). The lowest BCUT2D eigenvalue weighted by molar-refractivity contribution is 0.705. The molecule has 2 aromatic heterocycles. The van der Waals surface area contributed by atoms with Gasteiger partial charge in [0, 0.05) is 25.5 Å². The predicted molar refractivity (Wildman–Crippen MR) is 75.4 cm³/mol. The van der Waals surface area contributed by atoms with Crippen LogP contribution >= 0.6 is 0 Å². The van der Waals surface area contributed by atoms with Crippen LogP contribution in [0.5, 0.6) is 0 Å². The fourth-order valence-electron chi connectivity index (χ4n) is 2.01. The third-order valence-corrected chi connectivity index (χ3v) is 3.29. The van der Waals surface area contributed by atoms with Crippen LogP contribution in [0.4, 0.5) is 11.9 Å². The molecule has 3 N–H and O–H groups in total. The summed E-state index contributed by atoms with van der Waals surface area (Å²) in [6, 6.07) is 1.82. The monoisotopic (exact) mass is 274 g/mol. The van der Waals surface area contributed by atoms with Gasteiger partial charge < -0.3 is 4.90 Å². The van der Waals surface area contributed by atoms with E-state index in [0.29, 0.717) is 17.8 Å². The molecule has 0 saturated heterocycles. The molecular formula is C12H18N8. The van der Waals surface area contributed by atoms with E-state index in [1.807, 2.05) is 6.07 Å². The number of rotatable bonds is 6. The summed E-state index contributed by atoms with van der Waals surface area (Å²) in [4.78, 5) is 15.2. The summed E-state index contributed by atoms with van der Waals surface area (Å²) >= 11 is 0. The molecule has 20 heavy (non-hydrogen) atoms. The molecule has 3 rings (SSSR count). The second-order valence-electron chi connectivity index (χ2n) is 4.84. The number of hydrazine groups is 1. The van der Waals surface area contributed by atoms with Gasteiger partial charge in [0.15, 0.2) is 0 Å². The Bertz CT molecular complexity index is 563. The molecule has 2 aromatic rings. The van der Waals surface area contributed by atoms with Crippen molar-refractivity contribution in [3.05, 3.63) is 18.5 Å². The number of aromatic nitrogens is 5. The lowest BCUT2D eigenvalue weighted by Crippen LogP contribution is -2.28. The average molecular weight is 274 g/mol. The van der Waals surface area contributed by atoms with Gasteiger partial charge in [0.05, 0.1) is 0 Å². The number of hydrogen-bond acceptors (Lipinski definition) is 7. The molecule has 1 saturated carbocycles. The molecule has 0 aromatic carbocycles. The first-order valence-electron chi connectivity index (χ1n) is 6.77. The van der Waals surface area contributed by atoms with Crippen molar-refractivity contribution in [3.8, 4) is 5.95 Å². The van der Waals surface area contributed by atoms with Crippen molar-refractivity contribution in [2.75, 3.05) is 23.4 Å². The van der Waals surface area contributed by atoms with Crippen LogP contribution < -0.4 is 16.2 Å². The Kier molecular flexibility index (Phi) is 3.46. The van der Waals surface area contributed by atoms with Gasteiger partial charge in [0.1, 0.15) is 0 Å². The second kappa shape index (κ2) is 5.41. The third kappa shape index (κ3) is 2.69. The highest BCUT2D eigenvalue weighted by Crippen LogP contribution is 2.30. The molecule has 1 aliphatic carbocycles. The highest BCUT2D eigenvalue weighted by Gasteiger charge is 2.25. The molecule has 8 heteroatoms. The molecule has 0 atom stereocenters. The molecule has 1 fully saturated rings. The van der Waals surface area contributed by atoms with Gasteiger partial charge in [-0.15, -0.1) is 0 Å². The summed E-state index contributed by atoms with van der Waals surface area (Å²) in [5.74, 6) is 7.64. The van der Waals surface area contributed by atoms with Crippen LogP contribution in [0.2, 0.25) is 0 Å². The molecule has 0 unspecified atom stereocenters. The largest absolute Gasteiger partial charge is 0.341 e. The zero-order valence-electron chi connectivity index (χ0n) is 11.4. The van der Waals surface area contributed by atoms with Gasteiger partial charge in [0.25, 0.3) is 5.95 Å². The van der Waals surface area contributed by atoms with E-state index in [2.05, 4.69) is 37.3 Å². The normalized spacial score (nSPS) is 14.3. The van der Waals surface area contributed by atoms with E-state index in [4.69, 9.17) is 5.84 Å². The van der Waals surface area contributed by atoms with Crippen LogP contribution in [-0.2, 0) is 0 Å². The van der Waals surface area contributed by atoms with Crippen molar-refractivity contribution in [1.82, 2.24) is 24.7 Å². The van der Waals surface area contributed by atoms with Crippen LogP contribution in [0.1, 0.15) is 19.8 Å². The lowest BCUT2D eigenvalue weighted by atomic mass is 10.4. The number of nitrogens with two attached hydrogens (primary N) is 1. The Morgan fingerprint density at radius 3 is 2.85 bits per heavy atom. The van der Waals surface area contributed by atoms with Crippen molar-refractivity contribution in [2.24, 2.45) is 11.8 Å². The highest BCUT2D eigenvalue weighted by atomic mass is 15.4. The number of nitrogens with one attached hydrogen (secondary N) is 1. The molecule has 2 heterocycles. The molecule has 0 radical (unpaired) electrons. The maximum Gasteiger partial charge on any atom is 0.257 e. The van der Waals surface area contributed by atoms with Crippen molar-refractivity contribution >= 4 is 11.9 Å². The van der Waals surface area contributed by atoms with Gasteiger partial charge in [-0.3, -0.25) is 5.43 Å². The maximum atomic E-state index is 5.45. The van der Waals surface area contributed by atoms with Crippen LogP contribution in [0.15, 0.2) is 18.5 Å². The van der Waals surface area contributed by atoms with Crippen LogP contribution in [0.25, 0.3) is 5.95 Å². The second-order valence-corrected chi connectivity index (χ2v) is 4.84. The zero-order valence-corrected chi connectivity index (χ0v) is 11.4. The van der Waals surface area contributed by atoms with Crippen molar-refractivity contribution in [3.63, 3.8) is 0 Å². The minimum Gasteiger partial charge on any atom is -0.341 e. The topological polar surface area (TPSA) is 97.8 Å². The maximum absolute atomic E-state index is 5.45. The van der Waals surface area contributed by atoms with E-state index in [1.165, 1.54) is 12.8 Å². The number of nitrogen functional groups attached to an aromatic ring is 1. The Balaban J connectivity index is 1.94. The van der Waals surface area contributed by atoms with E-state index in [1.54, 1.807) is 17.1 Å². The molecular weight excluding hydrogens is 256 g/mol. The fourth-order valence-corrected chi connectivity index (χ4v) is 2.01. The molecule has 0 spiro atoms. The summed E-state index contributed by atoms with van der Waals surface area (Å²) in [5.41, 5.74) is 2.49. The number of nitrogens with zero attached hydrogens (tertiary/aromatic N) is 6. The minimum absolute atomic E-state index is 0.342. The molecule has 0 amide bonds. The summed E-state index contributed by atoms with van der Waals surface area (Å²) in [5, 5.41) is 4.14. The highest BCUT2D eigenvalue weighted by molar-refractivity contribution is 5.39. The fraction of sp³-hybridized carbons (Fsp3) is 0.500. The quantitative estimate of drug-likeness (QED) is 0.587. The minimum atomic E-state index is 0.342. The molecule has 8 nitrogen and oxygen atoms in total. The summed E-state index contributed by atoms with van der Waals surface area (Å²) in [7, 11) is 0.